The van der Waals surface area contributed by atoms with E-state index in [0.717, 1.165) is 16.3 Å². The van der Waals surface area contributed by atoms with Crippen molar-refractivity contribution in [3.63, 3.8) is 0 Å². The lowest BCUT2D eigenvalue weighted by atomic mass is 10.2. The smallest absolute Gasteiger partial charge is 0.221 e. The van der Waals surface area contributed by atoms with Crippen molar-refractivity contribution >= 4 is 28.6 Å². The van der Waals surface area contributed by atoms with Gasteiger partial charge in [0.05, 0.1) is 36.1 Å². The van der Waals surface area contributed by atoms with E-state index >= 15 is 0 Å². The molecule has 2 heterocycles. The Morgan fingerprint density at radius 1 is 1.33 bits per heavy atom. The van der Waals surface area contributed by atoms with E-state index in [4.69, 9.17) is 9.15 Å². The minimum absolute atomic E-state index is 0.140. The number of aromatic nitrogens is 1. The number of hydrogen-bond donors (Lipinski definition) is 2. The predicted molar refractivity (Wildman–Crippen MR) is 94.4 cm³/mol. The highest BCUT2D eigenvalue weighted by molar-refractivity contribution is 7.13. The van der Waals surface area contributed by atoms with Gasteiger partial charge in [0.15, 0.2) is 5.76 Å². The topological polar surface area (TPSA) is 76.4 Å². The van der Waals surface area contributed by atoms with Gasteiger partial charge >= 0.3 is 0 Å². The second-order valence-corrected chi connectivity index (χ2v) is 5.99. The lowest BCUT2D eigenvalue weighted by Gasteiger charge is -2.12. The molecule has 3 rings (SSSR count). The number of carbonyl (C=O) groups excluding carboxylic acids is 1. The van der Waals surface area contributed by atoms with Crippen molar-refractivity contribution in [3.8, 4) is 16.4 Å². The Morgan fingerprint density at radius 3 is 2.92 bits per heavy atom. The van der Waals surface area contributed by atoms with Crippen LogP contribution in [0.25, 0.3) is 10.6 Å². The zero-order valence-corrected chi connectivity index (χ0v) is 14.1. The molecule has 2 N–H and O–H groups in total. The van der Waals surface area contributed by atoms with Crippen molar-refractivity contribution in [2.45, 2.75) is 13.5 Å². The van der Waals surface area contributed by atoms with Crippen LogP contribution in [0.4, 0.5) is 11.4 Å². The fraction of sp³-hybridized carbons (Fsp3) is 0.176. The molecule has 0 aliphatic carbocycles. The lowest BCUT2D eigenvalue weighted by Crippen LogP contribution is -2.09. The first-order valence-corrected chi connectivity index (χ1v) is 8.22. The Bertz CT molecular complexity index is 827. The monoisotopic (exact) mass is 343 g/mol. The number of oxazole rings is 1. The van der Waals surface area contributed by atoms with E-state index in [1.54, 1.807) is 36.8 Å². The molecule has 0 fully saturated rings. The molecule has 1 amide bonds. The van der Waals surface area contributed by atoms with Crippen LogP contribution in [0.2, 0.25) is 0 Å². The summed E-state index contributed by atoms with van der Waals surface area (Å²) in [6, 6.07) is 9.34. The Hall–Kier alpha value is -2.80. The van der Waals surface area contributed by atoms with E-state index in [1.807, 2.05) is 23.6 Å². The fourth-order valence-corrected chi connectivity index (χ4v) is 2.86. The highest BCUT2D eigenvalue weighted by atomic mass is 32.1. The molecular formula is C17H17N3O3S. The number of ether oxygens (including phenoxy) is 1. The van der Waals surface area contributed by atoms with Crippen LogP contribution in [0.15, 0.2) is 46.3 Å². The Kier molecular flexibility index (Phi) is 4.81. The van der Waals surface area contributed by atoms with Crippen molar-refractivity contribution in [3.05, 3.63) is 47.8 Å². The summed E-state index contributed by atoms with van der Waals surface area (Å²) >= 11 is 1.60. The van der Waals surface area contributed by atoms with Gasteiger partial charge in [0.25, 0.3) is 0 Å². The standard InChI is InChI=1S/C17H17N3O3S/c1-11(21)20-13-6-5-12(22-2)8-14(13)18-10-17-19-9-15(23-17)16-4-3-7-24-16/h3-9,18H,10H2,1-2H3,(H,20,21). The van der Waals surface area contributed by atoms with Crippen LogP contribution in [0, 0.1) is 0 Å². The molecule has 0 aliphatic heterocycles. The molecule has 0 aliphatic rings. The van der Waals surface area contributed by atoms with Gasteiger partial charge in [-0.3, -0.25) is 4.79 Å². The van der Waals surface area contributed by atoms with Crippen molar-refractivity contribution < 1.29 is 13.9 Å². The summed E-state index contributed by atoms with van der Waals surface area (Å²) in [7, 11) is 1.60. The maximum atomic E-state index is 11.3. The van der Waals surface area contributed by atoms with Gasteiger partial charge in [-0.2, -0.15) is 0 Å². The summed E-state index contributed by atoms with van der Waals surface area (Å²) in [6.07, 6.45) is 1.71. The summed E-state index contributed by atoms with van der Waals surface area (Å²) in [4.78, 5) is 16.6. The molecule has 6 nitrogen and oxygen atoms in total. The Balaban J connectivity index is 1.74. The summed E-state index contributed by atoms with van der Waals surface area (Å²) in [5.74, 6) is 1.86. The van der Waals surface area contributed by atoms with Crippen molar-refractivity contribution in [2.75, 3.05) is 17.7 Å². The zero-order chi connectivity index (χ0) is 16.9. The summed E-state index contributed by atoms with van der Waals surface area (Å²) < 4.78 is 11.0. The van der Waals surface area contributed by atoms with Crippen LogP contribution in [0.1, 0.15) is 12.8 Å². The number of benzene rings is 1. The lowest BCUT2D eigenvalue weighted by molar-refractivity contribution is -0.114. The average Bonchev–Trinajstić information content (AvgIpc) is 3.24. The van der Waals surface area contributed by atoms with E-state index in [9.17, 15) is 4.79 Å². The third-order valence-corrected chi connectivity index (χ3v) is 4.17. The molecule has 0 bridgehead atoms. The first kappa shape index (κ1) is 16.1. The first-order chi connectivity index (χ1) is 11.7. The maximum Gasteiger partial charge on any atom is 0.221 e. The van der Waals surface area contributed by atoms with E-state index in [-0.39, 0.29) is 5.91 Å². The van der Waals surface area contributed by atoms with E-state index in [0.29, 0.717) is 23.9 Å². The Labute approximate surface area is 143 Å². The molecule has 0 saturated carbocycles. The van der Waals surface area contributed by atoms with Gasteiger partial charge in [-0.15, -0.1) is 11.3 Å². The molecule has 2 aromatic heterocycles. The van der Waals surface area contributed by atoms with Gasteiger partial charge < -0.3 is 19.8 Å². The molecule has 0 saturated heterocycles. The number of thiophene rings is 1. The van der Waals surface area contributed by atoms with Gasteiger partial charge in [-0.05, 0) is 23.6 Å². The van der Waals surface area contributed by atoms with Crippen molar-refractivity contribution in [1.82, 2.24) is 4.98 Å². The average molecular weight is 343 g/mol. The summed E-state index contributed by atoms with van der Waals surface area (Å²) in [6.45, 7) is 1.86. The third-order valence-electron chi connectivity index (χ3n) is 3.29. The van der Waals surface area contributed by atoms with Gasteiger partial charge in [0.1, 0.15) is 5.75 Å². The normalized spacial score (nSPS) is 10.4. The van der Waals surface area contributed by atoms with E-state index in [2.05, 4.69) is 15.6 Å². The molecule has 7 heteroatoms. The number of methoxy groups -OCH3 is 1. The Morgan fingerprint density at radius 2 is 2.21 bits per heavy atom. The van der Waals surface area contributed by atoms with Crippen LogP contribution < -0.4 is 15.4 Å². The highest BCUT2D eigenvalue weighted by Gasteiger charge is 2.10. The second-order valence-electron chi connectivity index (χ2n) is 5.04. The number of nitrogens with one attached hydrogen (secondary N) is 2. The number of rotatable bonds is 6. The molecule has 0 atom stereocenters. The van der Waals surface area contributed by atoms with Gasteiger partial charge in [-0.1, -0.05) is 6.07 Å². The number of hydrogen-bond acceptors (Lipinski definition) is 6. The van der Waals surface area contributed by atoms with Crippen LogP contribution in [-0.4, -0.2) is 18.0 Å². The molecule has 0 radical (unpaired) electrons. The molecule has 124 valence electrons. The SMILES string of the molecule is COc1ccc(NC(C)=O)c(NCc2ncc(-c3cccs3)o2)c1. The first-order valence-electron chi connectivity index (χ1n) is 7.34. The molecule has 24 heavy (non-hydrogen) atoms. The van der Waals surface area contributed by atoms with Crippen molar-refractivity contribution in [1.29, 1.82) is 0 Å². The minimum atomic E-state index is -0.140. The fourth-order valence-electron chi connectivity index (χ4n) is 2.19. The summed E-state index contributed by atoms with van der Waals surface area (Å²) in [5.41, 5.74) is 1.41. The maximum absolute atomic E-state index is 11.3. The molecule has 3 aromatic rings. The van der Waals surface area contributed by atoms with Gasteiger partial charge in [0.2, 0.25) is 11.8 Å². The molecular weight excluding hydrogens is 326 g/mol. The summed E-state index contributed by atoms with van der Waals surface area (Å²) in [5, 5.41) is 7.99. The quantitative estimate of drug-likeness (QED) is 0.708. The van der Waals surface area contributed by atoms with Gasteiger partial charge in [-0.25, -0.2) is 4.98 Å². The molecule has 1 aromatic carbocycles. The van der Waals surface area contributed by atoms with Crippen LogP contribution in [0.3, 0.4) is 0 Å². The number of nitrogens with zero attached hydrogens (tertiary/aromatic N) is 1. The minimum Gasteiger partial charge on any atom is -0.497 e. The number of anilines is 2. The zero-order valence-electron chi connectivity index (χ0n) is 13.3. The predicted octanol–water partition coefficient (Wildman–Crippen LogP) is 3.98. The van der Waals surface area contributed by atoms with Crippen molar-refractivity contribution in [2.24, 2.45) is 0 Å². The second kappa shape index (κ2) is 7.18. The highest BCUT2D eigenvalue weighted by Crippen LogP contribution is 2.29. The van der Waals surface area contributed by atoms with E-state index in [1.165, 1.54) is 6.92 Å². The van der Waals surface area contributed by atoms with Crippen LogP contribution >= 0.6 is 11.3 Å². The number of amides is 1. The largest absolute Gasteiger partial charge is 0.497 e. The van der Waals surface area contributed by atoms with E-state index < -0.39 is 0 Å². The van der Waals surface area contributed by atoms with Gasteiger partial charge in [0, 0.05) is 13.0 Å². The molecule has 0 spiro atoms. The molecule has 0 unspecified atom stereocenters. The third kappa shape index (κ3) is 3.75. The van der Waals surface area contributed by atoms with Crippen LogP contribution in [-0.2, 0) is 11.3 Å². The number of carbonyl (C=O) groups is 1. The van der Waals surface area contributed by atoms with Crippen LogP contribution in [0.5, 0.6) is 5.75 Å².